The third-order valence-electron chi connectivity index (χ3n) is 2.53. The first kappa shape index (κ1) is 11.8. The average Bonchev–Trinajstić information content (AvgIpc) is 2.64. The minimum absolute atomic E-state index is 0.0344. The summed E-state index contributed by atoms with van der Waals surface area (Å²) in [5.74, 6) is -0.272. The van der Waals surface area contributed by atoms with E-state index >= 15 is 0 Å². The number of rotatable bonds is 3. The fourth-order valence-corrected chi connectivity index (χ4v) is 1.78. The van der Waals surface area contributed by atoms with E-state index in [1.807, 2.05) is 19.9 Å². The van der Waals surface area contributed by atoms with Crippen LogP contribution < -0.4 is 5.73 Å². The molecule has 1 heterocycles. The predicted octanol–water partition coefficient (Wildman–Crippen LogP) is 2.21. The Labute approximate surface area is 100 Å². The molecular formula is C13H16FN3. The average molecular weight is 233 g/mol. The summed E-state index contributed by atoms with van der Waals surface area (Å²) in [5, 5.41) is 4.09. The Morgan fingerprint density at radius 1 is 1.47 bits per heavy atom. The van der Waals surface area contributed by atoms with Gasteiger partial charge in [-0.25, -0.2) is 9.07 Å². The second-order valence-electron chi connectivity index (χ2n) is 4.43. The smallest absolute Gasteiger partial charge is 0.149 e. The second kappa shape index (κ2) is 4.67. The van der Waals surface area contributed by atoms with Crippen molar-refractivity contribution in [3.8, 4) is 5.69 Å². The van der Waals surface area contributed by atoms with Gasteiger partial charge in [-0.05, 0) is 43.5 Å². The first-order valence-corrected chi connectivity index (χ1v) is 5.62. The van der Waals surface area contributed by atoms with Gasteiger partial charge in [0, 0.05) is 12.2 Å². The highest BCUT2D eigenvalue weighted by Gasteiger charge is 2.07. The number of nitrogens with zero attached hydrogens (tertiary/aromatic N) is 2. The Bertz CT molecular complexity index is 517. The number of hydrogen-bond acceptors (Lipinski definition) is 2. The van der Waals surface area contributed by atoms with Gasteiger partial charge in [-0.3, -0.25) is 0 Å². The molecule has 4 heteroatoms. The summed E-state index contributed by atoms with van der Waals surface area (Å²) in [5.41, 5.74) is 8.06. The van der Waals surface area contributed by atoms with Crippen LogP contribution in [0.2, 0.25) is 0 Å². The normalized spacial score (nSPS) is 12.7. The molecule has 90 valence electrons. The molecule has 17 heavy (non-hydrogen) atoms. The van der Waals surface area contributed by atoms with Crippen LogP contribution in [0.1, 0.15) is 18.1 Å². The van der Waals surface area contributed by atoms with Gasteiger partial charge in [0.05, 0.1) is 6.20 Å². The Morgan fingerprint density at radius 3 is 2.76 bits per heavy atom. The highest BCUT2D eigenvalue weighted by Crippen LogP contribution is 2.16. The van der Waals surface area contributed by atoms with Crippen molar-refractivity contribution in [2.45, 2.75) is 26.3 Å². The van der Waals surface area contributed by atoms with E-state index in [2.05, 4.69) is 5.10 Å². The fourth-order valence-electron chi connectivity index (χ4n) is 1.78. The first-order chi connectivity index (χ1) is 8.06. The van der Waals surface area contributed by atoms with Crippen molar-refractivity contribution < 1.29 is 4.39 Å². The summed E-state index contributed by atoms with van der Waals surface area (Å²) in [4.78, 5) is 0. The van der Waals surface area contributed by atoms with E-state index in [0.29, 0.717) is 12.1 Å². The lowest BCUT2D eigenvalue weighted by Gasteiger charge is -2.08. The number of halogens is 1. The van der Waals surface area contributed by atoms with Gasteiger partial charge in [-0.1, -0.05) is 6.07 Å². The lowest BCUT2D eigenvalue weighted by atomic mass is 10.1. The van der Waals surface area contributed by atoms with Crippen LogP contribution in [0.25, 0.3) is 5.69 Å². The number of benzene rings is 1. The largest absolute Gasteiger partial charge is 0.328 e. The minimum Gasteiger partial charge on any atom is -0.328 e. The molecule has 1 atom stereocenters. The van der Waals surface area contributed by atoms with Crippen LogP contribution in [0.4, 0.5) is 4.39 Å². The van der Waals surface area contributed by atoms with E-state index in [4.69, 9.17) is 5.73 Å². The van der Waals surface area contributed by atoms with E-state index in [-0.39, 0.29) is 11.9 Å². The second-order valence-corrected chi connectivity index (χ2v) is 4.43. The third-order valence-corrected chi connectivity index (χ3v) is 2.53. The molecule has 1 unspecified atom stereocenters. The standard InChI is InChI=1S/C13H16FN3/c1-9-7-16-17(8-9)13-4-3-11(5-10(2)15)6-12(13)14/h3-4,6-8,10H,5,15H2,1-2H3. The maximum atomic E-state index is 13.9. The first-order valence-electron chi connectivity index (χ1n) is 5.62. The fraction of sp³-hybridized carbons (Fsp3) is 0.308. The van der Waals surface area contributed by atoms with E-state index in [1.165, 1.54) is 6.07 Å². The van der Waals surface area contributed by atoms with Gasteiger partial charge in [0.15, 0.2) is 0 Å². The molecule has 0 aliphatic carbocycles. The van der Waals surface area contributed by atoms with Crippen molar-refractivity contribution in [1.29, 1.82) is 0 Å². The van der Waals surface area contributed by atoms with Crippen molar-refractivity contribution in [2.75, 3.05) is 0 Å². The van der Waals surface area contributed by atoms with E-state index < -0.39 is 0 Å². The zero-order valence-corrected chi connectivity index (χ0v) is 10.0. The van der Waals surface area contributed by atoms with Gasteiger partial charge in [0.2, 0.25) is 0 Å². The van der Waals surface area contributed by atoms with Crippen LogP contribution >= 0.6 is 0 Å². The quantitative estimate of drug-likeness (QED) is 0.883. The highest BCUT2D eigenvalue weighted by molar-refractivity contribution is 5.36. The maximum absolute atomic E-state index is 13.9. The summed E-state index contributed by atoms with van der Waals surface area (Å²) in [6.07, 6.45) is 4.17. The monoisotopic (exact) mass is 233 g/mol. The van der Waals surface area contributed by atoms with Crippen LogP contribution in [0.3, 0.4) is 0 Å². The SMILES string of the molecule is Cc1cnn(-c2ccc(CC(C)N)cc2F)c1. The predicted molar refractivity (Wildman–Crippen MR) is 65.6 cm³/mol. The maximum Gasteiger partial charge on any atom is 0.149 e. The molecule has 2 aromatic rings. The molecular weight excluding hydrogens is 217 g/mol. The van der Waals surface area contributed by atoms with Crippen molar-refractivity contribution in [2.24, 2.45) is 5.73 Å². The highest BCUT2D eigenvalue weighted by atomic mass is 19.1. The Balaban J connectivity index is 2.31. The summed E-state index contributed by atoms with van der Waals surface area (Å²) < 4.78 is 15.4. The molecule has 0 radical (unpaired) electrons. The molecule has 3 nitrogen and oxygen atoms in total. The number of aromatic nitrogens is 2. The molecule has 0 fully saturated rings. The molecule has 0 spiro atoms. The Kier molecular flexibility index (Phi) is 3.24. The van der Waals surface area contributed by atoms with E-state index in [0.717, 1.165) is 11.1 Å². The molecule has 0 aliphatic heterocycles. The summed E-state index contributed by atoms with van der Waals surface area (Å²) in [7, 11) is 0. The lowest BCUT2D eigenvalue weighted by Crippen LogP contribution is -2.17. The molecule has 0 bridgehead atoms. The molecule has 0 saturated carbocycles. The zero-order chi connectivity index (χ0) is 12.4. The molecule has 2 rings (SSSR count). The van der Waals surface area contributed by atoms with Crippen molar-refractivity contribution in [1.82, 2.24) is 9.78 Å². The molecule has 1 aromatic heterocycles. The Hall–Kier alpha value is -1.68. The summed E-state index contributed by atoms with van der Waals surface area (Å²) in [6, 6.07) is 5.18. The van der Waals surface area contributed by atoms with Crippen molar-refractivity contribution >= 4 is 0 Å². The van der Waals surface area contributed by atoms with E-state index in [1.54, 1.807) is 23.1 Å². The number of hydrogen-bond donors (Lipinski definition) is 1. The van der Waals surface area contributed by atoms with Crippen molar-refractivity contribution in [3.05, 3.63) is 47.5 Å². The van der Waals surface area contributed by atoms with Gasteiger partial charge in [-0.2, -0.15) is 5.10 Å². The lowest BCUT2D eigenvalue weighted by molar-refractivity contribution is 0.606. The summed E-state index contributed by atoms with van der Waals surface area (Å²) >= 11 is 0. The molecule has 0 aliphatic rings. The van der Waals surface area contributed by atoms with Crippen LogP contribution in [0.5, 0.6) is 0 Å². The van der Waals surface area contributed by atoms with Gasteiger partial charge >= 0.3 is 0 Å². The van der Waals surface area contributed by atoms with Crippen molar-refractivity contribution in [3.63, 3.8) is 0 Å². The van der Waals surface area contributed by atoms with Crippen LogP contribution in [-0.2, 0) is 6.42 Å². The minimum atomic E-state index is -0.272. The summed E-state index contributed by atoms with van der Waals surface area (Å²) in [6.45, 7) is 3.83. The molecule has 0 saturated heterocycles. The zero-order valence-electron chi connectivity index (χ0n) is 10.0. The number of aryl methyl sites for hydroxylation is 1. The molecule has 1 aromatic carbocycles. The third kappa shape index (κ3) is 2.71. The van der Waals surface area contributed by atoms with Gasteiger partial charge < -0.3 is 5.73 Å². The molecule has 0 amide bonds. The van der Waals surface area contributed by atoms with Gasteiger partial charge in [-0.15, -0.1) is 0 Å². The van der Waals surface area contributed by atoms with Gasteiger partial charge in [0.1, 0.15) is 11.5 Å². The topological polar surface area (TPSA) is 43.8 Å². The van der Waals surface area contributed by atoms with E-state index in [9.17, 15) is 4.39 Å². The van der Waals surface area contributed by atoms with Crippen LogP contribution in [0.15, 0.2) is 30.6 Å². The van der Waals surface area contributed by atoms with Crippen LogP contribution in [-0.4, -0.2) is 15.8 Å². The van der Waals surface area contributed by atoms with Gasteiger partial charge in [0.25, 0.3) is 0 Å². The Morgan fingerprint density at radius 2 is 2.24 bits per heavy atom. The molecule has 2 N–H and O–H groups in total. The van der Waals surface area contributed by atoms with Crippen LogP contribution in [0, 0.1) is 12.7 Å². The number of nitrogens with two attached hydrogens (primary N) is 1.